The Morgan fingerprint density at radius 3 is 2.06 bits per heavy atom. The average molecular weight is 454 g/mol. The monoisotopic (exact) mass is 454 g/mol. The van der Waals surface area contributed by atoms with Gasteiger partial charge in [-0.05, 0) is 62.6 Å². The van der Waals surface area contributed by atoms with Crippen LogP contribution < -0.4 is 10.2 Å². The molecule has 3 aromatic rings. The predicted molar refractivity (Wildman–Crippen MR) is 123 cm³/mol. The second-order valence-electron chi connectivity index (χ2n) is 9.19. The number of benzene rings is 3. The Hall–Kier alpha value is -2.77. The van der Waals surface area contributed by atoms with Crippen molar-refractivity contribution < 1.29 is 27.2 Å². The van der Waals surface area contributed by atoms with Crippen LogP contribution in [0.2, 0.25) is 0 Å². The Labute approximate surface area is 192 Å². The van der Waals surface area contributed by atoms with Gasteiger partial charge in [0.15, 0.2) is 0 Å². The van der Waals surface area contributed by atoms with Gasteiger partial charge in [0.05, 0.1) is 16.8 Å². The normalized spacial score (nSPS) is 17.2. The van der Waals surface area contributed by atoms with Crippen molar-refractivity contribution in [1.29, 1.82) is 0 Å². The maximum Gasteiger partial charge on any atom is 0.498 e. The lowest BCUT2D eigenvalue weighted by Gasteiger charge is -2.32. The molecule has 1 heterocycles. The lowest BCUT2D eigenvalue weighted by molar-refractivity contribution is -0.137. The van der Waals surface area contributed by atoms with Crippen LogP contribution in [0.25, 0.3) is 11.1 Å². The second kappa shape index (κ2) is 8.54. The lowest BCUT2D eigenvalue weighted by Crippen LogP contribution is -2.41. The smallest absolute Gasteiger partial charge is 0.489 e. The third kappa shape index (κ3) is 4.94. The quantitative estimate of drug-likeness (QED) is 0.427. The van der Waals surface area contributed by atoms with Crippen molar-refractivity contribution in [3.05, 3.63) is 83.9 Å². The van der Waals surface area contributed by atoms with Crippen molar-refractivity contribution in [2.75, 3.05) is 0 Å². The molecule has 1 aliphatic rings. The van der Waals surface area contributed by atoms with Crippen LogP contribution in [0.15, 0.2) is 72.8 Å². The number of alkyl halides is 3. The van der Waals surface area contributed by atoms with Gasteiger partial charge in [0.1, 0.15) is 12.4 Å². The number of hydrogen-bond donors (Lipinski definition) is 0. The molecule has 0 amide bonds. The van der Waals surface area contributed by atoms with E-state index in [1.54, 1.807) is 24.3 Å². The second-order valence-corrected chi connectivity index (χ2v) is 9.19. The molecule has 1 fully saturated rings. The van der Waals surface area contributed by atoms with E-state index < -0.39 is 30.1 Å². The topological polar surface area (TPSA) is 27.7 Å². The van der Waals surface area contributed by atoms with E-state index in [-0.39, 0.29) is 0 Å². The Kier molecular flexibility index (Phi) is 6.06. The molecular formula is C26H26BF3O3. The fourth-order valence-corrected chi connectivity index (χ4v) is 3.62. The van der Waals surface area contributed by atoms with Crippen LogP contribution in [0.4, 0.5) is 13.2 Å². The highest BCUT2D eigenvalue weighted by atomic mass is 19.4. The summed E-state index contributed by atoms with van der Waals surface area (Å²) in [7, 11) is -0.716. The first-order valence-electron chi connectivity index (χ1n) is 10.8. The predicted octanol–water partition coefficient (Wildman–Crippen LogP) is 6.25. The molecule has 3 nitrogen and oxygen atoms in total. The summed E-state index contributed by atoms with van der Waals surface area (Å²) in [5, 5.41) is 0. The molecule has 0 saturated carbocycles. The fraction of sp³-hybridized carbons (Fsp3) is 0.308. The van der Waals surface area contributed by atoms with Crippen LogP contribution in [0.3, 0.4) is 0 Å². The van der Waals surface area contributed by atoms with E-state index in [0.717, 1.165) is 17.7 Å². The summed E-state index contributed by atoms with van der Waals surface area (Å²) >= 11 is 0. The zero-order valence-corrected chi connectivity index (χ0v) is 19.1. The number of hydrogen-bond acceptors (Lipinski definition) is 3. The third-order valence-corrected chi connectivity index (χ3v) is 6.28. The molecule has 1 aliphatic heterocycles. The standard InChI is InChI=1S/C26H26BF3O3/c1-24(2)25(3,4)33-27(32-24)22-16-20(19-11-8-12-21(15-19)26(28,29)30)13-14-23(22)31-17-18-9-6-5-7-10-18/h5-16H,17H2,1-4H3. The molecule has 0 aromatic heterocycles. The molecule has 33 heavy (non-hydrogen) atoms. The van der Waals surface area contributed by atoms with E-state index in [2.05, 4.69) is 0 Å². The van der Waals surface area contributed by atoms with Crippen LogP contribution in [0.5, 0.6) is 5.75 Å². The van der Waals surface area contributed by atoms with Crippen LogP contribution >= 0.6 is 0 Å². The van der Waals surface area contributed by atoms with Crippen molar-refractivity contribution >= 4 is 12.6 Å². The molecule has 172 valence electrons. The number of ether oxygens (including phenoxy) is 1. The molecule has 1 saturated heterocycles. The number of rotatable bonds is 5. The average Bonchev–Trinajstić information content (AvgIpc) is 2.99. The van der Waals surface area contributed by atoms with Crippen molar-refractivity contribution in [3.63, 3.8) is 0 Å². The highest BCUT2D eigenvalue weighted by Gasteiger charge is 2.52. The van der Waals surface area contributed by atoms with Gasteiger partial charge in [-0.15, -0.1) is 0 Å². The first kappa shape index (κ1) is 23.4. The van der Waals surface area contributed by atoms with Crippen LogP contribution in [-0.4, -0.2) is 18.3 Å². The highest BCUT2D eigenvalue weighted by Crippen LogP contribution is 2.38. The summed E-state index contributed by atoms with van der Waals surface area (Å²) in [5.74, 6) is 0.563. The Morgan fingerprint density at radius 2 is 1.42 bits per heavy atom. The summed E-state index contributed by atoms with van der Waals surface area (Å²) in [6.07, 6.45) is -4.41. The highest BCUT2D eigenvalue weighted by molar-refractivity contribution is 6.63. The van der Waals surface area contributed by atoms with Gasteiger partial charge in [-0.3, -0.25) is 0 Å². The zero-order valence-electron chi connectivity index (χ0n) is 19.1. The van der Waals surface area contributed by atoms with Gasteiger partial charge in [0, 0.05) is 5.46 Å². The first-order valence-corrected chi connectivity index (χ1v) is 10.8. The number of halogens is 3. The van der Waals surface area contributed by atoms with Gasteiger partial charge >= 0.3 is 13.3 Å². The molecule has 0 aliphatic carbocycles. The SMILES string of the molecule is CC1(C)OB(c2cc(-c3cccc(C(F)(F)F)c3)ccc2OCc2ccccc2)OC1(C)C. The molecule has 0 atom stereocenters. The molecule has 0 radical (unpaired) electrons. The van der Waals surface area contributed by atoms with Crippen molar-refractivity contribution in [2.24, 2.45) is 0 Å². The van der Waals surface area contributed by atoms with Crippen LogP contribution in [0, 0.1) is 0 Å². The van der Waals surface area contributed by atoms with Gasteiger partial charge in [0.25, 0.3) is 0 Å². The summed E-state index contributed by atoms with van der Waals surface area (Å²) in [6, 6.07) is 20.3. The van der Waals surface area contributed by atoms with Gasteiger partial charge in [-0.2, -0.15) is 13.2 Å². The summed E-state index contributed by atoms with van der Waals surface area (Å²) in [5.41, 5.74) is 0.886. The van der Waals surface area contributed by atoms with E-state index in [9.17, 15) is 13.2 Å². The maximum absolute atomic E-state index is 13.2. The minimum absolute atomic E-state index is 0.344. The van der Waals surface area contributed by atoms with Gasteiger partial charge in [0.2, 0.25) is 0 Å². The van der Waals surface area contributed by atoms with Crippen molar-refractivity contribution in [2.45, 2.75) is 51.7 Å². The van der Waals surface area contributed by atoms with E-state index in [1.807, 2.05) is 58.0 Å². The van der Waals surface area contributed by atoms with Gasteiger partial charge in [-0.1, -0.05) is 54.6 Å². The molecule has 0 N–H and O–H groups in total. The molecular weight excluding hydrogens is 428 g/mol. The maximum atomic E-state index is 13.2. The van der Waals surface area contributed by atoms with E-state index in [1.165, 1.54) is 6.07 Å². The zero-order chi connectivity index (χ0) is 23.9. The summed E-state index contributed by atoms with van der Waals surface area (Å²) in [6.45, 7) is 8.15. The first-order chi connectivity index (χ1) is 15.5. The van der Waals surface area contributed by atoms with E-state index in [4.69, 9.17) is 14.0 Å². The molecule has 0 spiro atoms. The summed E-state index contributed by atoms with van der Waals surface area (Å²) in [4.78, 5) is 0. The van der Waals surface area contributed by atoms with Crippen molar-refractivity contribution in [1.82, 2.24) is 0 Å². The van der Waals surface area contributed by atoms with Crippen LogP contribution in [0.1, 0.15) is 38.8 Å². The van der Waals surface area contributed by atoms with Crippen LogP contribution in [-0.2, 0) is 22.1 Å². The van der Waals surface area contributed by atoms with Crippen molar-refractivity contribution in [3.8, 4) is 16.9 Å². The lowest BCUT2D eigenvalue weighted by atomic mass is 9.77. The van der Waals surface area contributed by atoms with E-state index >= 15 is 0 Å². The van der Waals surface area contributed by atoms with Gasteiger partial charge < -0.3 is 14.0 Å². The molecule has 7 heteroatoms. The molecule has 0 bridgehead atoms. The Balaban J connectivity index is 1.72. The summed E-state index contributed by atoms with van der Waals surface area (Å²) < 4.78 is 58.3. The minimum Gasteiger partial charge on any atom is -0.489 e. The minimum atomic E-state index is -4.41. The van der Waals surface area contributed by atoms with E-state index in [0.29, 0.717) is 28.9 Å². The Bertz CT molecular complexity index is 1110. The largest absolute Gasteiger partial charge is 0.498 e. The van der Waals surface area contributed by atoms with Gasteiger partial charge in [-0.25, -0.2) is 0 Å². The molecule has 3 aromatic carbocycles. The Morgan fingerprint density at radius 1 is 0.788 bits per heavy atom. The molecule has 4 rings (SSSR count). The molecule has 0 unspecified atom stereocenters. The fourth-order valence-electron chi connectivity index (χ4n) is 3.62. The third-order valence-electron chi connectivity index (χ3n) is 6.28.